The predicted octanol–water partition coefficient (Wildman–Crippen LogP) is 3.69. The van der Waals surface area contributed by atoms with E-state index in [9.17, 15) is 9.59 Å². The molecule has 0 saturated carbocycles. The van der Waals surface area contributed by atoms with Crippen LogP contribution in [0.2, 0.25) is 0 Å². The summed E-state index contributed by atoms with van der Waals surface area (Å²) in [6.07, 6.45) is 7.83. The fourth-order valence-corrected chi connectivity index (χ4v) is 5.47. The van der Waals surface area contributed by atoms with Crippen LogP contribution in [0.15, 0.2) is 72.1 Å². The summed E-state index contributed by atoms with van der Waals surface area (Å²) in [6, 6.07) is 16.0. The number of pyridine rings is 1. The summed E-state index contributed by atoms with van der Waals surface area (Å²) in [5.41, 5.74) is 2.51. The molecule has 2 aromatic heterocycles. The second-order valence-corrected chi connectivity index (χ2v) is 10.1. The number of benzene rings is 1. The number of likely N-dealkylation sites (N-methyl/N-ethyl adjacent to an activating group) is 1. The van der Waals surface area contributed by atoms with Crippen LogP contribution in [-0.4, -0.2) is 68.3 Å². The van der Waals surface area contributed by atoms with Gasteiger partial charge in [-0.05, 0) is 61.4 Å². The van der Waals surface area contributed by atoms with Gasteiger partial charge in [-0.1, -0.05) is 42.1 Å². The van der Waals surface area contributed by atoms with Crippen LogP contribution in [0, 0.1) is 12.8 Å². The number of hydrogen-bond donors (Lipinski definition) is 0. The third-order valence-electron chi connectivity index (χ3n) is 6.86. The lowest BCUT2D eigenvalue weighted by Gasteiger charge is -2.40. The molecule has 0 spiro atoms. The minimum Gasteiger partial charge on any atom is -0.342 e. The van der Waals surface area contributed by atoms with Gasteiger partial charge >= 0.3 is 0 Å². The molecule has 1 saturated heterocycles. The fraction of sp³-hybridized carbons (Fsp3) is 0.407. The zero-order valence-corrected chi connectivity index (χ0v) is 21.2. The number of piperidine rings is 1. The van der Waals surface area contributed by atoms with Crippen molar-refractivity contribution < 1.29 is 9.59 Å². The van der Waals surface area contributed by atoms with E-state index in [4.69, 9.17) is 0 Å². The number of thioether (sulfide) groups is 1. The van der Waals surface area contributed by atoms with E-state index in [1.54, 1.807) is 17.1 Å². The van der Waals surface area contributed by atoms with Gasteiger partial charge in [-0.2, -0.15) is 5.10 Å². The largest absolute Gasteiger partial charge is 0.342 e. The van der Waals surface area contributed by atoms with Crippen molar-refractivity contribution in [2.75, 3.05) is 25.9 Å². The number of aromatic nitrogens is 3. The Hall–Kier alpha value is -3.13. The van der Waals surface area contributed by atoms with Crippen molar-refractivity contribution in [3.8, 4) is 0 Å². The Morgan fingerprint density at radius 2 is 1.86 bits per heavy atom. The van der Waals surface area contributed by atoms with Crippen molar-refractivity contribution in [3.63, 3.8) is 0 Å². The summed E-state index contributed by atoms with van der Waals surface area (Å²) in [4.78, 5) is 34.1. The molecule has 1 aliphatic rings. The van der Waals surface area contributed by atoms with Gasteiger partial charge in [0.2, 0.25) is 11.8 Å². The molecule has 0 unspecified atom stereocenters. The third kappa shape index (κ3) is 6.72. The Kier molecular flexibility index (Phi) is 8.58. The first kappa shape index (κ1) is 25.0. The first-order valence-electron chi connectivity index (χ1n) is 12.1. The number of carbonyl (C=O) groups is 2. The lowest BCUT2D eigenvalue weighted by molar-refractivity contribution is -0.136. The third-order valence-corrected chi connectivity index (χ3v) is 7.78. The van der Waals surface area contributed by atoms with Crippen molar-refractivity contribution in [1.82, 2.24) is 24.6 Å². The summed E-state index contributed by atoms with van der Waals surface area (Å²) in [6.45, 7) is 3.80. The average Bonchev–Trinajstić information content (AvgIpc) is 3.40. The minimum atomic E-state index is 0.0533. The summed E-state index contributed by atoms with van der Waals surface area (Å²) >= 11 is 1.48. The van der Waals surface area contributed by atoms with Gasteiger partial charge in [-0.25, -0.2) is 4.98 Å². The molecule has 2 amide bonds. The van der Waals surface area contributed by atoms with E-state index in [1.165, 1.54) is 22.9 Å². The molecule has 4 rings (SSSR count). The molecule has 3 heterocycles. The molecule has 3 aromatic rings. The summed E-state index contributed by atoms with van der Waals surface area (Å²) < 4.78 is 1.67. The van der Waals surface area contributed by atoms with Crippen molar-refractivity contribution in [2.45, 2.75) is 43.8 Å². The quantitative estimate of drug-likeness (QED) is 0.427. The summed E-state index contributed by atoms with van der Waals surface area (Å²) in [7, 11) is 1.91. The van der Waals surface area contributed by atoms with E-state index in [0.717, 1.165) is 37.4 Å². The van der Waals surface area contributed by atoms with Gasteiger partial charge in [0.15, 0.2) is 0 Å². The van der Waals surface area contributed by atoms with Crippen LogP contribution in [0.5, 0.6) is 0 Å². The van der Waals surface area contributed by atoms with E-state index < -0.39 is 0 Å². The summed E-state index contributed by atoms with van der Waals surface area (Å²) in [5.74, 6) is 0.931. The normalized spacial score (nSPS) is 15.1. The lowest BCUT2D eigenvalue weighted by Crippen LogP contribution is -2.49. The lowest BCUT2D eigenvalue weighted by atomic mass is 9.84. The highest BCUT2D eigenvalue weighted by Gasteiger charge is 2.33. The number of likely N-dealkylation sites (tertiary alicyclic amines) is 1. The topological polar surface area (TPSA) is 71.3 Å². The number of carbonyl (C=O) groups excluding carboxylic acids is 2. The second-order valence-electron chi connectivity index (χ2n) is 9.08. The number of nitrogens with zero attached hydrogens (tertiary/aromatic N) is 5. The Morgan fingerprint density at radius 3 is 2.54 bits per heavy atom. The maximum absolute atomic E-state index is 13.2. The van der Waals surface area contributed by atoms with Gasteiger partial charge < -0.3 is 9.80 Å². The molecule has 1 atom stereocenters. The molecule has 0 N–H and O–H groups in total. The van der Waals surface area contributed by atoms with E-state index in [1.807, 2.05) is 53.4 Å². The van der Waals surface area contributed by atoms with Gasteiger partial charge in [-0.3, -0.25) is 14.3 Å². The van der Waals surface area contributed by atoms with Crippen LogP contribution in [0.25, 0.3) is 0 Å². The number of amides is 2. The maximum atomic E-state index is 13.2. The van der Waals surface area contributed by atoms with E-state index >= 15 is 0 Å². The predicted molar refractivity (Wildman–Crippen MR) is 138 cm³/mol. The van der Waals surface area contributed by atoms with Crippen LogP contribution in [0.4, 0.5) is 0 Å². The summed E-state index contributed by atoms with van der Waals surface area (Å²) in [5, 5.41) is 5.06. The van der Waals surface area contributed by atoms with Gasteiger partial charge in [0.05, 0.1) is 10.8 Å². The van der Waals surface area contributed by atoms with Crippen molar-refractivity contribution in [3.05, 3.63) is 78.2 Å². The Morgan fingerprint density at radius 1 is 1.09 bits per heavy atom. The number of aryl methyl sites for hydroxylation is 1. The van der Waals surface area contributed by atoms with Crippen LogP contribution < -0.4 is 0 Å². The molecule has 1 aliphatic heterocycles. The van der Waals surface area contributed by atoms with Crippen molar-refractivity contribution in [1.29, 1.82) is 0 Å². The van der Waals surface area contributed by atoms with Crippen LogP contribution in [0.3, 0.4) is 0 Å². The molecule has 184 valence electrons. The molecule has 8 heteroatoms. The minimum absolute atomic E-state index is 0.0533. The molecular weight excluding hydrogens is 458 g/mol. The molecule has 0 aliphatic carbocycles. The molecule has 0 radical (unpaired) electrons. The van der Waals surface area contributed by atoms with Crippen LogP contribution >= 0.6 is 11.8 Å². The molecular formula is C27H33N5O2S. The monoisotopic (exact) mass is 491 g/mol. The Balaban J connectivity index is 1.40. The molecule has 35 heavy (non-hydrogen) atoms. The van der Waals surface area contributed by atoms with Gasteiger partial charge in [-0.15, -0.1) is 0 Å². The molecule has 1 fully saturated rings. The van der Waals surface area contributed by atoms with Crippen LogP contribution in [-0.2, 0) is 22.6 Å². The number of hydrogen-bond acceptors (Lipinski definition) is 5. The van der Waals surface area contributed by atoms with E-state index in [2.05, 4.69) is 35.2 Å². The highest BCUT2D eigenvalue weighted by atomic mass is 32.2. The zero-order valence-electron chi connectivity index (χ0n) is 20.4. The standard InChI is InChI=1S/C27H33N5O2S/c1-21-8-3-4-9-23(21)18-24(30(2)26(33)19-32-15-7-14-29-32)22-11-16-31(17-12-22)27(34)20-35-25-10-5-6-13-28-25/h3-10,13-15,22,24H,11-12,16-20H2,1-2H3/t24-/m1/s1. The van der Waals surface area contributed by atoms with Crippen molar-refractivity contribution >= 4 is 23.6 Å². The van der Waals surface area contributed by atoms with Gasteiger partial charge in [0, 0.05) is 44.8 Å². The Labute approximate surface area is 211 Å². The smallest absolute Gasteiger partial charge is 0.244 e. The Bertz CT molecular complexity index is 1100. The van der Waals surface area contributed by atoms with Gasteiger partial charge in [0.25, 0.3) is 0 Å². The molecule has 1 aromatic carbocycles. The fourth-order valence-electron chi connectivity index (χ4n) is 4.71. The zero-order chi connectivity index (χ0) is 24.6. The molecule has 0 bridgehead atoms. The molecule has 7 nitrogen and oxygen atoms in total. The highest BCUT2D eigenvalue weighted by Crippen LogP contribution is 2.28. The van der Waals surface area contributed by atoms with E-state index in [0.29, 0.717) is 11.7 Å². The maximum Gasteiger partial charge on any atom is 0.244 e. The van der Waals surface area contributed by atoms with E-state index in [-0.39, 0.29) is 24.4 Å². The number of rotatable bonds is 9. The van der Waals surface area contributed by atoms with Crippen LogP contribution in [0.1, 0.15) is 24.0 Å². The second kappa shape index (κ2) is 12.0. The first-order chi connectivity index (χ1) is 17.0. The van der Waals surface area contributed by atoms with Gasteiger partial charge in [0.1, 0.15) is 6.54 Å². The highest BCUT2D eigenvalue weighted by molar-refractivity contribution is 7.99. The first-order valence-corrected chi connectivity index (χ1v) is 13.1. The SMILES string of the molecule is Cc1ccccc1C[C@H](C1CCN(C(=O)CSc2ccccn2)CC1)N(C)C(=O)Cn1cccn1. The van der Waals surface area contributed by atoms with Crippen molar-refractivity contribution in [2.24, 2.45) is 5.92 Å². The average molecular weight is 492 g/mol.